The first-order valence-electron chi connectivity index (χ1n) is 9.02. The van der Waals surface area contributed by atoms with Crippen molar-refractivity contribution in [2.45, 2.75) is 30.3 Å². The van der Waals surface area contributed by atoms with Gasteiger partial charge in [0.1, 0.15) is 12.5 Å². The van der Waals surface area contributed by atoms with Crippen LogP contribution in [-0.4, -0.2) is 35.4 Å². The minimum atomic E-state index is -4.56. The maximum Gasteiger partial charge on any atom is 0.416 e. The number of aliphatic hydroxyl groups excluding tert-OH is 1. The molecule has 30 heavy (non-hydrogen) atoms. The zero-order chi connectivity index (χ0) is 21.7. The van der Waals surface area contributed by atoms with Gasteiger partial charge >= 0.3 is 12.4 Å². The van der Waals surface area contributed by atoms with Gasteiger partial charge in [-0.25, -0.2) is 4.90 Å². The van der Waals surface area contributed by atoms with E-state index in [1.165, 1.54) is 29.2 Å². The van der Waals surface area contributed by atoms with Gasteiger partial charge in [-0.1, -0.05) is 24.3 Å². The molecule has 2 aromatic carbocycles. The Kier molecular flexibility index (Phi) is 5.08. The molecule has 0 spiro atoms. The van der Waals surface area contributed by atoms with Crippen molar-refractivity contribution < 1.29 is 40.9 Å². The van der Waals surface area contributed by atoms with E-state index in [-0.39, 0.29) is 24.3 Å². The summed E-state index contributed by atoms with van der Waals surface area (Å²) in [6.45, 7) is -0.516. The van der Waals surface area contributed by atoms with Crippen molar-refractivity contribution in [3.8, 4) is 0 Å². The van der Waals surface area contributed by atoms with Gasteiger partial charge in [-0.15, -0.1) is 0 Å². The van der Waals surface area contributed by atoms with E-state index >= 15 is 0 Å². The van der Waals surface area contributed by atoms with E-state index < -0.39 is 48.1 Å². The topological polar surface area (TPSA) is 41.9 Å². The number of fused-ring (bicyclic) bond motifs is 1. The largest absolute Gasteiger partial charge is 0.416 e. The smallest absolute Gasteiger partial charge is 0.394 e. The van der Waals surface area contributed by atoms with Crippen molar-refractivity contribution in [2.24, 2.45) is 0 Å². The number of rotatable bonds is 3. The third-order valence-corrected chi connectivity index (χ3v) is 5.37. The molecule has 4 nitrogen and oxygen atoms in total. The van der Waals surface area contributed by atoms with Gasteiger partial charge < -0.3 is 14.6 Å². The first kappa shape index (κ1) is 21.1. The quantitative estimate of drug-likeness (QED) is 0.724. The average molecular weight is 433 g/mol. The van der Waals surface area contributed by atoms with Crippen LogP contribution in [0.5, 0.6) is 0 Å². The Balaban J connectivity index is 1.74. The van der Waals surface area contributed by atoms with Gasteiger partial charge in [-0.05, 0) is 35.4 Å². The number of benzene rings is 2. The van der Waals surface area contributed by atoms with E-state index in [0.717, 1.165) is 24.3 Å². The Morgan fingerprint density at radius 1 is 0.833 bits per heavy atom. The van der Waals surface area contributed by atoms with Crippen molar-refractivity contribution in [1.82, 2.24) is 4.90 Å². The van der Waals surface area contributed by atoms with Crippen molar-refractivity contribution in [2.75, 3.05) is 19.8 Å². The monoisotopic (exact) mass is 433 g/mol. The predicted octanol–water partition coefficient (Wildman–Crippen LogP) is 4.52. The summed E-state index contributed by atoms with van der Waals surface area (Å²) in [4.78, 5) is 1.51. The molecular formula is C20H17F6NO3. The summed E-state index contributed by atoms with van der Waals surface area (Å²) in [6.07, 6.45) is -11.2. The first-order chi connectivity index (χ1) is 14.0. The van der Waals surface area contributed by atoms with Crippen molar-refractivity contribution in [3.05, 3.63) is 70.8 Å². The minimum absolute atomic E-state index is 0.0418. The molecule has 2 atom stereocenters. The molecule has 0 bridgehead atoms. The summed E-state index contributed by atoms with van der Waals surface area (Å²) in [7, 11) is 0. The third kappa shape index (κ3) is 3.58. The molecule has 0 amide bonds. The van der Waals surface area contributed by atoms with Crippen LogP contribution in [0.15, 0.2) is 48.5 Å². The van der Waals surface area contributed by atoms with Crippen molar-refractivity contribution in [3.63, 3.8) is 0 Å². The van der Waals surface area contributed by atoms with E-state index in [4.69, 9.17) is 9.47 Å². The second-order valence-corrected chi connectivity index (χ2v) is 7.36. The maximum atomic E-state index is 13.1. The van der Waals surface area contributed by atoms with Crippen LogP contribution in [0.4, 0.5) is 26.3 Å². The summed E-state index contributed by atoms with van der Waals surface area (Å²) in [5.74, 6) is 0. The molecule has 2 saturated heterocycles. The Morgan fingerprint density at radius 2 is 1.27 bits per heavy atom. The van der Waals surface area contributed by atoms with Crippen LogP contribution in [0.3, 0.4) is 0 Å². The van der Waals surface area contributed by atoms with Crippen LogP contribution in [-0.2, 0) is 21.8 Å². The molecule has 4 rings (SSSR count). The highest BCUT2D eigenvalue weighted by Gasteiger charge is 2.56. The van der Waals surface area contributed by atoms with Gasteiger partial charge in [0.25, 0.3) is 0 Å². The Hall–Kier alpha value is -2.14. The molecule has 2 aliphatic heterocycles. The van der Waals surface area contributed by atoms with E-state index in [9.17, 15) is 31.4 Å². The van der Waals surface area contributed by atoms with Gasteiger partial charge in [-0.3, -0.25) is 0 Å². The molecule has 2 heterocycles. The second kappa shape index (κ2) is 7.23. The number of alkyl halides is 6. The van der Waals surface area contributed by atoms with Crippen LogP contribution in [0, 0.1) is 0 Å². The number of nitrogens with zero attached hydrogens (tertiary/aromatic N) is 1. The molecule has 2 aliphatic rings. The summed E-state index contributed by atoms with van der Waals surface area (Å²) < 4.78 is 90.2. The van der Waals surface area contributed by atoms with Gasteiger partial charge in [0, 0.05) is 0 Å². The van der Waals surface area contributed by atoms with Crippen LogP contribution < -0.4 is 0 Å². The third-order valence-electron chi connectivity index (χ3n) is 5.37. The Morgan fingerprint density at radius 3 is 1.63 bits per heavy atom. The zero-order valence-electron chi connectivity index (χ0n) is 15.4. The molecule has 10 heteroatoms. The molecule has 2 unspecified atom stereocenters. The van der Waals surface area contributed by atoms with Crippen molar-refractivity contribution >= 4 is 0 Å². The number of hydrogen-bond acceptors (Lipinski definition) is 4. The molecule has 2 fully saturated rings. The second-order valence-electron chi connectivity index (χ2n) is 7.36. The molecule has 2 aromatic rings. The highest BCUT2D eigenvalue weighted by Crippen LogP contribution is 2.49. The maximum absolute atomic E-state index is 13.1. The lowest BCUT2D eigenvalue weighted by atomic mass is 10.00. The summed E-state index contributed by atoms with van der Waals surface area (Å²) in [6, 6.07) is 9.04. The lowest BCUT2D eigenvalue weighted by molar-refractivity contribution is -0.138. The fraction of sp³-hybridized carbons (Fsp3) is 0.400. The lowest BCUT2D eigenvalue weighted by Crippen LogP contribution is -2.47. The normalized spacial score (nSPS) is 27.4. The zero-order valence-corrected chi connectivity index (χ0v) is 15.4. The van der Waals surface area contributed by atoms with Crippen LogP contribution in [0.1, 0.15) is 34.7 Å². The van der Waals surface area contributed by atoms with Gasteiger partial charge in [0.05, 0.1) is 36.5 Å². The summed E-state index contributed by atoms with van der Waals surface area (Å²) in [5.41, 5.74) is -2.48. The fourth-order valence-electron chi connectivity index (χ4n) is 3.86. The molecular weight excluding hydrogens is 416 g/mol. The van der Waals surface area contributed by atoms with E-state index in [2.05, 4.69) is 0 Å². The minimum Gasteiger partial charge on any atom is -0.394 e. The average Bonchev–Trinajstić information content (AvgIpc) is 3.24. The van der Waals surface area contributed by atoms with Gasteiger partial charge in [0.15, 0.2) is 0 Å². The van der Waals surface area contributed by atoms with Crippen LogP contribution >= 0.6 is 0 Å². The first-order valence-corrected chi connectivity index (χ1v) is 9.02. The molecule has 0 radical (unpaired) electrons. The fourth-order valence-corrected chi connectivity index (χ4v) is 3.86. The predicted molar refractivity (Wildman–Crippen MR) is 91.9 cm³/mol. The molecule has 0 aliphatic carbocycles. The van der Waals surface area contributed by atoms with Gasteiger partial charge in [0.2, 0.25) is 0 Å². The number of hydrogen-bond donors (Lipinski definition) is 1. The number of ether oxygens (including phenoxy) is 2. The number of halogens is 6. The van der Waals surface area contributed by atoms with Crippen molar-refractivity contribution in [1.29, 1.82) is 0 Å². The summed E-state index contributed by atoms with van der Waals surface area (Å²) >= 11 is 0. The molecule has 162 valence electrons. The standard InChI is InChI=1S/C20H17F6NO3/c21-19(22,23)14-5-1-3-12(7-14)16-27-17(30-11-18(27,9-28)10-29-16)13-4-2-6-15(8-13)20(24,25)26/h1-8,16-17,28H,9-11H2. The molecule has 0 aromatic heterocycles. The van der Waals surface area contributed by atoms with E-state index in [1.807, 2.05) is 0 Å². The number of aliphatic hydroxyl groups is 1. The molecule has 0 saturated carbocycles. The van der Waals surface area contributed by atoms with Crippen LogP contribution in [0.25, 0.3) is 0 Å². The van der Waals surface area contributed by atoms with E-state index in [0.29, 0.717) is 0 Å². The highest BCUT2D eigenvalue weighted by molar-refractivity contribution is 5.32. The SMILES string of the molecule is OCC12COC(c3cccc(C(F)(F)F)c3)N1C(c1cccc(C(F)(F)F)c1)OC2. The summed E-state index contributed by atoms with van der Waals surface area (Å²) in [5, 5.41) is 9.96. The van der Waals surface area contributed by atoms with Gasteiger partial charge in [-0.2, -0.15) is 26.3 Å². The van der Waals surface area contributed by atoms with Crippen LogP contribution in [0.2, 0.25) is 0 Å². The molecule has 1 N–H and O–H groups in total. The Bertz CT molecular complexity index is 860. The lowest BCUT2D eigenvalue weighted by Gasteiger charge is -2.33. The Labute approximate surface area is 167 Å². The van der Waals surface area contributed by atoms with E-state index in [1.54, 1.807) is 0 Å². The highest BCUT2D eigenvalue weighted by atomic mass is 19.4.